The van der Waals surface area contributed by atoms with E-state index >= 15 is 0 Å². The average Bonchev–Trinajstić information content (AvgIpc) is 3.44. The SMILES string of the molecule is O=C1C2=C(C(=O)c3ccccc31)[C@@]1(C(=O)N(CCCBr)c3ccccc31)N1CCC[C@H]21. The Labute approximate surface area is 188 Å². The molecule has 2 aromatic carbocycles. The first-order chi connectivity index (χ1) is 15.1. The summed E-state index contributed by atoms with van der Waals surface area (Å²) >= 11 is 3.47. The molecule has 1 saturated heterocycles. The number of carbonyl (C=O) groups excluding carboxylic acids is 3. The minimum Gasteiger partial charge on any atom is -0.310 e. The quantitative estimate of drug-likeness (QED) is 0.630. The minimum absolute atomic E-state index is 0.0907. The second-order valence-corrected chi connectivity index (χ2v) is 9.36. The lowest BCUT2D eigenvalue weighted by atomic mass is 9.74. The van der Waals surface area contributed by atoms with Crippen molar-refractivity contribution in [2.45, 2.75) is 30.8 Å². The number of fused-ring (bicyclic) bond motifs is 7. The van der Waals surface area contributed by atoms with Crippen LogP contribution in [0, 0.1) is 0 Å². The van der Waals surface area contributed by atoms with Crippen LogP contribution in [-0.4, -0.2) is 46.8 Å². The van der Waals surface area contributed by atoms with Crippen molar-refractivity contribution in [1.29, 1.82) is 0 Å². The summed E-state index contributed by atoms with van der Waals surface area (Å²) in [7, 11) is 0. The first-order valence-electron chi connectivity index (χ1n) is 10.8. The van der Waals surface area contributed by atoms with Gasteiger partial charge in [-0.15, -0.1) is 0 Å². The van der Waals surface area contributed by atoms with Gasteiger partial charge in [-0.3, -0.25) is 19.3 Å². The van der Waals surface area contributed by atoms with E-state index in [4.69, 9.17) is 0 Å². The van der Waals surface area contributed by atoms with Crippen LogP contribution in [0.4, 0.5) is 5.69 Å². The van der Waals surface area contributed by atoms with Crippen molar-refractivity contribution in [2.75, 3.05) is 23.3 Å². The van der Waals surface area contributed by atoms with Gasteiger partial charge in [0.2, 0.25) is 0 Å². The van der Waals surface area contributed by atoms with Crippen molar-refractivity contribution in [1.82, 2.24) is 4.90 Å². The van der Waals surface area contributed by atoms with Gasteiger partial charge < -0.3 is 4.90 Å². The monoisotopic (exact) mass is 476 g/mol. The molecule has 2 atom stereocenters. The molecule has 5 nitrogen and oxygen atoms in total. The maximum Gasteiger partial charge on any atom is 0.257 e. The minimum atomic E-state index is -1.19. The number of para-hydroxylation sites is 1. The topological polar surface area (TPSA) is 57.7 Å². The van der Waals surface area contributed by atoms with Gasteiger partial charge in [-0.2, -0.15) is 0 Å². The average molecular weight is 477 g/mol. The molecule has 6 heteroatoms. The number of benzene rings is 2. The summed E-state index contributed by atoms with van der Waals surface area (Å²) in [5.74, 6) is -0.361. The van der Waals surface area contributed by atoms with Gasteiger partial charge >= 0.3 is 0 Å². The molecule has 0 unspecified atom stereocenters. The fourth-order valence-electron chi connectivity index (χ4n) is 6.08. The molecule has 1 spiro atoms. The van der Waals surface area contributed by atoms with Crippen molar-refractivity contribution in [3.05, 3.63) is 76.4 Å². The van der Waals surface area contributed by atoms with E-state index in [0.29, 0.717) is 35.4 Å². The summed E-state index contributed by atoms with van der Waals surface area (Å²) in [5.41, 5.74) is 2.33. The van der Waals surface area contributed by atoms with Crippen LogP contribution in [0.5, 0.6) is 0 Å². The fourth-order valence-corrected chi connectivity index (χ4v) is 6.33. The summed E-state index contributed by atoms with van der Waals surface area (Å²) in [6, 6.07) is 14.6. The number of nitrogens with zero attached hydrogens (tertiary/aromatic N) is 2. The molecule has 2 aromatic rings. The van der Waals surface area contributed by atoms with Crippen molar-refractivity contribution >= 4 is 39.1 Å². The van der Waals surface area contributed by atoms with Crippen LogP contribution in [-0.2, 0) is 10.3 Å². The molecule has 0 aromatic heterocycles. The first-order valence-corrected chi connectivity index (χ1v) is 11.9. The second kappa shape index (κ2) is 6.71. The zero-order chi connectivity index (χ0) is 21.3. The molecule has 31 heavy (non-hydrogen) atoms. The standard InChI is InChI=1S/C25H21BrN2O3/c26-12-6-13-27-18-10-4-3-9-17(18)25(24(27)31)21-20(19-11-5-14-28(19)25)22(29)15-7-1-2-8-16(15)23(21)30/h1-4,7-10,19H,5-6,11-14H2/t19-,25+/m1/s1. The molecule has 156 valence electrons. The van der Waals surface area contributed by atoms with Gasteiger partial charge in [0, 0.05) is 58.0 Å². The largest absolute Gasteiger partial charge is 0.310 e. The van der Waals surface area contributed by atoms with Gasteiger partial charge in [0.05, 0.1) is 0 Å². The van der Waals surface area contributed by atoms with Crippen molar-refractivity contribution in [3.8, 4) is 0 Å². The van der Waals surface area contributed by atoms with Crippen LogP contribution >= 0.6 is 15.9 Å². The smallest absolute Gasteiger partial charge is 0.257 e. The maximum absolute atomic E-state index is 14.2. The van der Waals surface area contributed by atoms with E-state index in [-0.39, 0.29) is 23.5 Å². The highest BCUT2D eigenvalue weighted by atomic mass is 79.9. The van der Waals surface area contributed by atoms with E-state index in [0.717, 1.165) is 35.8 Å². The molecule has 0 bridgehead atoms. The molecule has 0 radical (unpaired) electrons. The molecule has 4 aliphatic rings. The van der Waals surface area contributed by atoms with Crippen LogP contribution < -0.4 is 4.90 Å². The van der Waals surface area contributed by atoms with Crippen LogP contribution in [0.15, 0.2) is 59.7 Å². The highest BCUT2D eigenvalue weighted by molar-refractivity contribution is 9.09. The molecular weight excluding hydrogens is 456 g/mol. The van der Waals surface area contributed by atoms with Gasteiger partial charge in [0.15, 0.2) is 17.1 Å². The maximum atomic E-state index is 14.2. The van der Waals surface area contributed by atoms with Crippen LogP contribution in [0.2, 0.25) is 0 Å². The summed E-state index contributed by atoms with van der Waals surface area (Å²) in [4.78, 5) is 45.7. The van der Waals surface area contributed by atoms with E-state index in [1.807, 2.05) is 29.2 Å². The number of alkyl halides is 1. The Morgan fingerprint density at radius 2 is 1.68 bits per heavy atom. The predicted molar refractivity (Wildman–Crippen MR) is 121 cm³/mol. The van der Waals surface area contributed by atoms with Crippen molar-refractivity contribution < 1.29 is 14.4 Å². The Hall–Kier alpha value is -2.57. The Kier molecular flexibility index (Phi) is 4.14. The Balaban J connectivity index is 1.65. The fraction of sp³-hybridized carbons (Fsp3) is 0.320. The van der Waals surface area contributed by atoms with Crippen LogP contribution in [0.1, 0.15) is 45.5 Å². The summed E-state index contributed by atoms with van der Waals surface area (Å²) in [6.07, 6.45) is 2.50. The lowest BCUT2D eigenvalue weighted by Gasteiger charge is -2.36. The number of hydrogen-bond acceptors (Lipinski definition) is 4. The summed E-state index contributed by atoms with van der Waals surface area (Å²) in [6.45, 7) is 1.27. The zero-order valence-corrected chi connectivity index (χ0v) is 18.5. The number of hydrogen-bond donors (Lipinski definition) is 0. The summed E-state index contributed by atoms with van der Waals surface area (Å²) < 4.78 is 0. The first kappa shape index (κ1) is 19.1. The molecule has 1 amide bonds. The Morgan fingerprint density at radius 3 is 2.45 bits per heavy atom. The van der Waals surface area contributed by atoms with Gasteiger partial charge in [-0.05, 0) is 25.3 Å². The molecule has 3 heterocycles. The van der Waals surface area contributed by atoms with Gasteiger partial charge in [-0.1, -0.05) is 58.4 Å². The number of Topliss-reactive ketones (excluding diaryl/α,β-unsaturated/α-hetero) is 2. The van der Waals surface area contributed by atoms with Gasteiger partial charge in [-0.25, -0.2) is 0 Å². The number of halogens is 1. The lowest BCUT2D eigenvalue weighted by molar-refractivity contribution is -0.127. The number of amides is 1. The van der Waals surface area contributed by atoms with Gasteiger partial charge in [0.25, 0.3) is 5.91 Å². The number of rotatable bonds is 3. The van der Waals surface area contributed by atoms with E-state index in [1.54, 1.807) is 24.3 Å². The molecule has 1 fully saturated rings. The van der Waals surface area contributed by atoms with Crippen LogP contribution in [0.25, 0.3) is 0 Å². The van der Waals surface area contributed by atoms with Crippen LogP contribution in [0.3, 0.4) is 0 Å². The molecular formula is C25H21BrN2O3. The van der Waals surface area contributed by atoms with Crippen molar-refractivity contribution in [2.24, 2.45) is 0 Å². The molecule has 1 aliphatic carbocycles. The van der Waals surface area contributed by atoms with E-state index < -0.39 is 5.54 Å². The number of carbonyl (C=O) groups is 3. The Morgan fingerprint density at radius 1 is 0.968 bits per heavy atom. The molecule has 3 aliphatic heterocycles. The highest BCUT2D eigenvalue weighted by Gasteiger charge is 2.67. The van der Waals surface area contributed by atoms with Crippen molar-refractivity contribution in [3.63, 3.8) is 0 Å². The lowest BCUT2D eigenvalue weighted by Crippen LogP contribution is -2.53. The molecule has 6 rings (SSSR count). The van der Waals surface area contributed by atoms with E-state index in [1.165, 1.54) is 0 Å². The molecule has 0 saturated carbocycles. The second-order valence-electron chi connectivity index (χ2n) is 8.57. The van der Waals surface area contributed by atoms with E-state index in [2.05, 4.69) is 20.8 Å². The van der Waals surface area contributed by atoms with E-state index in [9.17, 15) is 14.4 Å². The van der Waals surface area contributed by atoms with Gasteiger partial charge in [0.1, 0.15) is 0 Å². The third-order valence-electron chi connectivity index (χ3n) is 7.19. The number of anilines is 1. The normalized spacial score (nSPS) is 26.5. The number of ketones is 2. The summed E-state index contributed by atoms with van der Waals surface area (Å²) in [5, 5.41) is 0.789. The molecule has 0 N–H and O–H groups in total. The predicted octanol–water partition coefficient (Wildman–Crippen LogP) is 3.87. The Bertz CT molecular complexity index is 1200. The third-order valence-corrected chi connectivity index (χ3v) is 7.75. The third kappa shape index (κ3) is 2.22. The highest BCUT2D eigenvalue weighted by Crippen LogP contribution is 2.58. The zero-order valence-electron chi connectivity index (χ0n) is 16.9.